The molecule has 0 spiro atoms. The monoisotopic (exact) mass is 410 g/mol. The zero-order valence-corrected chi connectivity index (χ0v) is 16.5. The van der Waals surface area contributed by atoms with Crippen molar-refractivity contribution in [3.8, 4) is 0 Å². The maximum absolute atomic E-state index is 12.2. The van der Waals surface area contributed by atoms with E-state index in [9.17, 15) is 19.2 Å². The summed E-state index contributed by atoms with van der Waals surface area (Å²) in [5, 5.41) is 1.69. The highest BCUT2D eigenvalue weighted by Crippen LogP contribution is 2.29. The van der Waals surface area contributed by atoms with E-state index in [0.29, 0.717) is 41.5 Å². The molecule has 2 aliphatic heterocycles. The lowest BCUT2D eigenvalue weighted by atomic mass is 10.00. The highest BCUT2D eigenvalue weighted by molar-refractivity contribution is 6.21. The van der Waals surface area contributed by atoms with Crippen molar-refractivity contribution < 1.29 is 28.9 Å². The van der Waals surface area contributed by atoms with Gasteiger partial charge in [-0.1, -0.05) is 37.1 Å². The number of nitrogens with zero attached hydrogens (tertiary/aromatic N) is 2. The number of amides is 4. The van der Waals surface area contributed by atoms with Gasteiger partial charge in [-0.3, -0.25) is 28.9 Å². The normalized spacial score (nSPS) is 18.0. The van der Waals surface area contributed by atoms with Gasteiger partial charge < -0.3 is 0 Å². The lowest BCUT2D eigenvalue weighted by Crippen LogP contribution is -2.32. The van der Waals surface area contributed by atoms with Crippen LogP contribution in [0.4, 0.5) is 0 Å². The number of unbranched alkanes of at least 4 members (excludes halogenated alkanes) is 3. The van der Waals surface area contributed by atoms with Gasteiger partial charge in [0.1, 0.15) is 0 Å². The predicted molar refractivity (Wildman–Crippen MR) is 105 cm³/mol. The van der Waals surface area contributed by atoms with Gasteiger partial charge in [0.15, 0.2) is 0 Å². The van der Waals surface area contributed by atoms with Crippen LogP contribution >= 0.6 is 0 Å². The molecule has 0 fully saturated rings. The quantitative estimate of drug-likeness (QED) is 0.459. The van der Waals surface area contributed by atoms with Gasteiger partial charge in [0, 0.05) is 5.57 Å². The van der Waals surface area contributed by atoms with E-state index in [4.69, 9.17) is 9.68 Å². The SMILES string of the molecule is O=C1C2=C(CCC=C2)C(=O)N1OCCCCCCON1C(=O)c2ccccc2C1=O. The van der Waals surface area contributed by atoms with Crippen molar-refractivity contribution in [2.24, 2.45) is 0 Å². The molecule has 0 saturated carbocycles. The Balaban J connectivity index is 1.11. The third kappa shape index (κ3) is 3.71. The molecule has 1 aliphatic carbocycles. The van der Waals surface area contributed by atoms with Crippen molar-refractivity contribution in [2.75, 3.05) is 13.2 Å². The summed E-state index contributed by atoms with van der Waals surface area (Å²) in [4.78, 5) is 59.6. The zero-order valence-electron chi connectivity index (χ0n) is 16.5. The third-order valence-electron chi connectivity index (χ3n) is 5.26. The second-order valence-electron chi connectivity index (χ2n) is 7.27. The molecule has 0 N–H and O–H groups in total. The van der Waals surface area contributed by atoms with E-state index in [1.165, 1.54) is 0 Å². The summed E-state index contributed by atoms with van der Waals surface area (Å²) in [6, 6.07) is 6.63. The standard InChI is InChI=1S/C22H22N2O6/c25-19-15-9-3-4-10-16(15)20(26)23(19)29-13-7-1-2-8-14-30-24-21(27)17-11-5-6-12-18(17)22(24)28/h3-5,9-11H,1-2,6-8,12-14H2. The van der Waals surface area contributed by atoms with Crippen molar-refractivity contribution in [2.45, 2.75) is 38.5 Å². The Labute approximate surface area is 173 Å². The van der Waals surface area contributed by atoms with Crippen LogP contribution in [0.1, 0.15) is 59.2 Å². The van der Waals surface area contributed by atoms with Crippen LogP contribution in [0.15, 0.2) is 47.6 Å². The van der Waals surface area contributed by atoms with Gasteiger partial charge >= 0.3 is 0 Å². The van der Waals surface area contributed by atoms with Gasteiger partial charge in [0.25, 0.3) is 23.6 Å². The molecule has 0 saturated heterocycles. The minimum atomic E-state index is -0.435. The van der Waals surface area contributed by atoms with E-state index >= 15 is 0 Å². The summed E-state index contributed by atoms with van der Waals surface area (Å²) in [6.07, 6.45) is 7.84. The first-order valence-corrected chi connectivity index (χ1v) is 10.1. The third-order valence-corrected chi connectivity index (χ3v) is 5.26. The molecule has 8 heteroatoms. The topological polar surface area (TPSA) is 93.2 Å². The first kappa shape index (κ1) is 20.2. The van der Waals surface area contributed by atoms with Gasteiger partial charge in [-0.25, -0.2) is 0 Å². The smallest absolute Gasteiger partial charge is 0.267 e. The number of imide groups is 2. The van der Waals surface area contributed by atoms with Crippen LogP contribution in [0.25, 0.3) is 0 Å². The Morgan fingerprint density at radius 3 is 1.87 bits per heavy atom. The van der Waals surface area contributed by atoms with Crippen molar-refractivity contribution in [3.05, 3.63) is 58.7 Å². The maximum atomic E-state index is 12.2. The molecule has 4 amide bonds. The highest BCUT2D eigenvalue weighted by Gasteiger charge is 2.38. The molecule has 0 radical (unpaired) electrons. The summed E-state index contributed by atoms with van der Waals surface area (Å²) in [5.41, 5.74) is 1.69. The second kappa shape index (κ2) is 8.73. The van der Waals surface area contributed by atoms with Gasteiger partial charge in [-0.05, 0) is 37.8 Å². The molecule has 1 aromatic carbocycles. The van der Waals surface area contributed by atoms with E-state index in [2.05, 4.69) is 0 Å². The summed E-state index contributed by atoms with van der Waals surface area (Å²) < 4.78 is 0. The van der Waals surface area contributed by atoms with Crippen LogP contribution in [-0.4, -0.2) is 47.0 Å². The lowest BCUT2D eigenvalue weighted by Gasteiger charge is -2.14. The Morgan fingerprint density at radius 2 is 1.30 bits per heavy atom. The van der Waals surface area contributed by atoms with E-state index in [-0.39, 0.29) is 25.0 Å². The van der Waals surface area contributed by atoms with Gasteiger partial charge in [-0.15, -0.1) is 10.1 Å². The molecule has 0 aromatic heterocycles. The average Bonchev–Trinajstić information content (AvgIpc) is 3.16. The number of carbonyl (C=O) groups excluding carboxylic acids is 4. The first-order valence-electron chi connectivity index (χ1n) is 10.1. The van der Waals surface area contributed by atoms with E-state index in [1.54, 1.807) is 30.3 Å². The van der Waals surface area contributed by atoms with E-state index in [0.717, 1.165) is 29.4 Å². The number of hydroxylamine groups is 4. The molecule has 0 unspecified atom stereocenters. The fraction of sp³-hybridized carbons (Fsp3) is 0.364. The molecule has 8 nitrogen and oxygen atoms in total. The summed E-state index contributed by atoms with van der Waals surface area (Å²) in [7, 11) is 0. The zero-order chi connectivity index (χ0) is 21.1. The van der Waals surface area contributed by atoms with Crippen LogP contribution in [0.2, 0.25) is 0 Å². The molecule has 4 rings (SSSR count). The van der Waals surface area contributed by atoms with Gasteiger partial charge in [-0.2, -0.15) is 0 Å². The molecular formula is C22H22N2O6. The Hall–Kier alpha value is -3.10. The van der Waals surface area contributed by atoms with Crippen LogP contribution in [0.3, 0.4) is 0 Å². The number of fused-ring (bicyclic) bond motifs is 1. The maximum Gasteiger partial charge on any atom is 0.285 e. The first-order chi connectivity index (χ1) is 14.6. The minimum Gasteiger partial charge on any atom is -0.267 e. The number of rotatable bonds is 9. The Bertz CT molecular complexity index is 929. The molecule has 1 aromatic rings. The Kier molecular flexibility index (Phi) is 5.87. The summed E-state index contributed by atoms with van der Waals surface area (Å²) in [5.74, 6) is -1.61. The van der Waals surface area contributed by atoms with Crippen molar-refractivity contribution in [1.29, 1.82) is 0 Å². The number of carbonyl (C=O) groups is 4. The molecule has 30 heavy (non-hydrogen) atoms. The van der Waals surface area contributed by atoms with Crippen LogP contribution in [-0.2, 0) is 19.3 Å². The fourth-order valence-electron chi connectivity index (χ4n) is 3.68. The van der Waals surface area contributed by atoms with E-state index in [1.807, 2.05) is 6.08 Å². The molecule has 3 aliphatic rings. The number of benzene rings is 1. The van der Waals surface area contributed by atoms with Crippen LogP contribution in [0, 0.1) is 0 Å². The number of hydrogen-bond donors (Lipinski definition) is 0. The largest absolute Gasteiger partial charge is 0.285 e. The van der Waals surface area contributed by atoms with Gasteiger partial charge in [0.2, 0.25) is 0 Å². The molecule has 0 atom stereocenters. The van der Waals surface area contributed by atoms with E-state index < -0.39 is 11.8 Å². The average molecular weight is 410 g/mol. The van der Waals surface area contributed by atoms with Crippen LogP contribution < -0.4 is 0 Å². The van der Waals surface area contributed by atoms with Crippen LogP contribution in [0.5, 0.6) is 0 Å². The highest BCUT2D eigenvalue weighted by atomic mass is 16.7. The second-order valence-corrected chi connectivity index (χ2v) is 7.27. The molecular weight excluding hydrogens is 388 g/mol. The molecule has 156 valence electrons. The van der Waals surface area contributed by atoms with Gasteiger partial charge in [0.05, 0.1) is 29.9 Å². The van der Waals surface area contributed by atoms with Crippen molar-refractivity contribution >= 4 is 23.6 Å². The minimum absolute atomic E-state index is 0.248. The fourth-order valence-corrected chi connectivity index (χ4v) is 3.68. The Morgan fingerprint density at radius 1 is 0.733 bits per heavy atom. The summed E-state index contributed by atoms with van der Waals surface area (Å²) in [6.45, 7) is 0.513. The van der Waals surface area contributed by atoms with Crippen molar-refractivity contribution in [1.82, 2.24) is 10.1 Å². The molecule has 0 bridgehead atoms. The summed E-state index contributed by atoms with van der Waals surface area (Å²) >= 11 is 0. The number of hydrogen-bond acceptors (Lipinski definition) is 6. The predicted octanol–water partition coefficient (Wildman–Crippen LogP) is 2.72. The number of allylic oxidation sites excluding steroid dienone is 1. The lowest BCUT2D eigenvalue weighted by molar-refractivity contribution is -0.186. The molecule has 2 heterocycles. The van der Waals surface area contributed by atoms with Crippen molar-refractivity contribution in [3.63, 3.8) is 0 Å².